The van der Waals surface area contributed by atoms with Crippen LogP contribution >= 0.6 is 38.9 Å². The molecule has 2 aromatic rings. The summed E-state index contributed by atoms with van der Waals surface area (Å²) in [7, 11) is 0. The number of thiazole rings is 1. The lowest BCUT2D eigenvalue weighted by atomic mass is 10.3. The van der Waals surface area contributed by atoms with Crippen LogP contribution in [0.25, 0.3) is 0 Å². The summed E-state index contributed by atoms with van der Waals surface area (Å²) in [6, 6.07) is 0. The van der Waals surface area contributed by atoms with E-state index in [9.17, 15) is 0 Å². The topological polar surface area (TPSA) is 38.7 Å². The molecule has 0 radical (unpaired) electrons. The van der Waals surface area contributed by atoms with Gasteiger partial charge in [0.05, 0.1) is 16.6 Å². The fraction of sp³-hybridized carbons (Fsp3) is 0.364. The molecular weight excluding hydrogens is 322 g/mol. The molecule has 0 fully saturated rings. The van der Waals surface area contributed by atoms with E-state index in [0.717, 1.165) is 33.1 Å². The predicted molar refractivity (Wildman–Crippen MR) is 73.8 cm³/mol. The highest BCUT2D eigenvalue weighted by Gasteiger charge is 2.11. The molecule has 2 heterocycles. The molecule has 0 bridgehead atoms. The SMILES string of the molecule is CCc1nc(Cc2nc(C)cs2)nc(Cl)c1Br. The van der Waals surface area contributed by atoms with Crippen LogP contribution in [-0.2, 0) is 12.8 Å². The maximum Gasteiger partial charge on any atom is 0.147 e. The second kappa shape index (κ2) is 5.42. The predicted octanol–water partition coefficient (Wildman–Crippen LogP) is 3.81. The van der Waals surface area contributed by atoms with Crippen molar-refractivity contribution in [2.24, 2.45) is 0 Å². The zero-order valence-electron chi connectivity index (χ0n) is 9.50. The van der Waals surface area contributed by atoms with Crippen LogP contribution in [0.3, 0.4) is 0 Å². The van der Waals surface area contributed by atoms with Crippen LogP contribution in [0.2, 0.25) is 5.15 Å². The molecule has 0 aliphatic heterocycles. The largest absolute Gasteiger partial charge is 0.246 e. The van der Waals surface area contributed by atoms with E-state index in [1.165, 1.54) is 0 Å². The summed E-state index contributed by atoms with van der Waals surface area (Å²) in [6.07, 6.45) is 1.46. The van der Waals surface area contributed by atoms with Crippen LogP contribution in [0.4, 0.5) is 0 Å². The number of halogens is 2. The average molecular weight is 333 g/mol. The lowest BCUT2D eigenvalue weighted by Crippen LogP contribution is -2.02. The molecule has 3 nitrogen and oxygen atoms in total. The zero-order chi connectivity index (χ0) is 12.4. The quantitative estimate of drug-likeness (QED) is 0.802. The lowest BCUT2D eigenvalue weighted by Gasteiger charge is -2.05. The molecule has 0 saturated carbocycles. The number of rotatable bonds is 3. The van der Waals surface area contributed by atoms with Crippen molar-refractivity contribution >= 4 is 38.9 Å². The summed E-state index contributed by atoms with van der Waals surface area (Å²) >= 11 is 11.1. The third-order valence-corrected chi connectivity index (χ3v) is 4.54. The van der Waals surface area contributed by atoms with E-state index in [1.807, 2.05) is 19.2 Å². The van der Waals surface area contributed by atoms with E-state index in [0.29, 0.717) is 11.6 Å². The lowest BCUT2D eigenvalue weighted by molar-refractivity contribution is 0.890. The number of aromatic nitrogens is 3. The molecule has 2 aromatic heterocycles. The molecule has 0 saturated heterocycles. The van der Waals surface area contributed by atoms with Gasteiger partial charge in [0.25, 0.3) is 0 Å². The Kier molecular flexibility index (Phi) is 4.12. The first-order valence-corrected chi connectivity index (χ1v) is 7.27. The first-order valence-electron chi connectivity index (χ1n) is 5.22. The van der Waals surface area contributed by atoms with E-state index in [2.05, 4.69) is 30.9 Å². The monoisotopic (exact) mass is 331 g/mol. The van der Waals surface area contributed by atoms with Gasteiger partial charge in [-0.05, 0) is 29.3 Å². The van der Waals surface area contributed by atoms with Crippen molar-refractivity contribution in [3.63, 3.8) is 0 Å². The van der Waals surface area contributed by atoms with E-state index >= 15 is 0 Å². The van der Waals surface area contributed by atoms with Gasteiger partial charge in [0.1, 0.15) is 16.0 Å². The normalized spacial score (nSPS) is 10.8. The molecule has 0 N–H and O–H groups in total. The summed E-state index contributed by atoms with van der Waals surface area (Å²) in [5.74, 6) is 0.726. The first-order chi connectivity index (χ1) is 8.10. The van der Waals surface area contributed by atoms with Crippen molar-refractivity contribution in [3.05, 3.63) is 37.2 Å². The molecule has 0 amide bonds. The van der Waals surface area contributed by atoms with Gasteiger partial charge in [-0.15, -0.1) is 11.3 Å². The van der Waals surface area contributed by atoms with Crippen LogP contribution < -0.4 is 0 Å². The minimum absolute atomic E-state index is 0.472. The standard InChI is InChI=1S/C11H11BrClN3S/c1-3-7-10(12)11(13)16-8(15-7)4-9-14-6(2)5-17-9/h5H,3-4H2,1-2H3. The smallest absolute Gasteiger partial charge is 0.147 e. The summed E-state index contributed by atoms with van der Waals surface area (Å²) in [5.41, 5.74) is 1.97. The van der Waals surface area contributed by atoms with Gasteiger partial charge in [0.2, 0.25) is 0 Å². The Morgan fingerprint density at radius 2 is 2.12 bits per heavy atom. The fourth-order valence-electron chi connectivity index (χ4n) is 1.44. The Hall–Kier alpha value is -0.520. The van der Waals surface area contributed by atoms with Crippen LogP contribution in [0.1, 0.15) is 29.1 Å². The van der Waals surface area contributed by atoms with Crippen molar-refractivity contribution in [2.75, 3.05) is 0 Å². The molecule has 17 heavy (non-hydrogen) atoms. The Balaban J connectivity index is 2.30. The molecule has 2 rings (SSSR count). The molecule has 0 spiro atoms. The molecule has 6 heteroatoms. The molecule has 0 atom stereocenters. The number of nitrogens with zero attached hydrogens (tertiary/aromatic N) is 3. The van der Waals surface area contributed by atoms with Gasteiger partial charge in [-0.2, -0.15) is 0 Å². The molecule has 90 valence electrons. The van der Waals surface area contributed by atoms with Crippen molar-refractivity contribution in [2.45, 2.75) is 26.7 Å². The van der Waals surface area contributed by atoms with E-state index in [4.69, 9.17) is 11.6 Å². The van der Waals surface area contributed by atoms with Gasteiger partial charge in [-0.3, -0.25) is 0 Å². The minimum Gasteiger partial charge on any atom is -0.246 e. The van der Waals surface area contributed by atoms with Gasteiger partial charge in [0, 0.05) is 11.1 Å². The molecule has 0 aliphatic carbocycles. The van der Waals surface area contributed by atoms with E-state index in [1.54, 1.807) is 11.3 Å². The fourth-order valence-corrected chi connectivity index (χ4v) is 2.88. The highest BCUT2D eigenvalue weighted by atomic mass is 79.9. The second-order valence-corrected chi connectivity index (χ2v) is 5.70. The Morgan fingerprint density at radius 1 is 1.35 bits per heavy atom. The van der Waals surface area contributed by atoms with Crippen molar-refractivity contribution < 1.29 is 0 Å². The molecule has 0 unspecified atom stereocenters. The minimum atomic E-state index is 0.472. The maximum absolute atomic E-state index is 6.05. The number of hydrogen-bond donors (Lipinski definition) is 0. The molecule has 0 aliphatic rings. The summed E-state index contributed by atoms with van der Waals surface area (Å²) in [4.78, 5) is 13.1. The van der Waals surface area contributed by atoms with Gasteiger partial charge >= 0.3 is 0 Å². The highest BCUT2D eigenvalue weighted by molar-refractivity contribution is 9.10. The molecule has 0 aromatic carbocycles. The van der Waals surface area contributed by atoms with Crippen LogP contribution in [-0.4, -0.2) is 15.0 Å². The summed E-state index contributed by atoms with van der Waals surface area (Å²) < 4.78 is 0.792. The van der Waals surface area contributed by atoms with Gasteiger partial charge in [0.15, 0.2) is 0 Å². The van der Waals surface area contributed by atoms with Gasteiger partial charge in [-0.25, -0.2) is 15.0 Å². The summed E-state index contributed by atoms with van der Waals surface area (Å²) in [6.45, 7) is 4.02. The summed E-state index contributed by atoms with van der Waals surface area (Å²) in [5, 5.41) is 3.51. The second-order valence-electron chi connectivity index (χ2n) is 3.60. The van der Waals surface area contributed by atoms with Crippen molar-refractivity contribution in [1.29, 1.82) is 0 Å². The highest BCUT2D eigenvalue weighted by Crippen LogP contribution is 2.24. The molecular formula is C11H11BrClN3S. The Labute approximate surface area is 117 Å². The van der Waals surface area contributed by atoms with Crippen LogP contribution in [0, 0.1) is 6.92 Å². The van der Waals surface area contributed by atoms with Crippen LogP contribution in [0.5, 0.6) is 0 Å². The third kappa shape index (κ3) is 3.03. The van der Waals surface area contributed by atoms with Crippen molar-refractivity contribution in [1.82, 2.24) is 15.0 Å². The van der Waals surface area contributed by atoms with Crippen LogP contribution in [0.15, 0.2) is 9.85 Å². The Morgan fingerprint density at radius 3 is 2.71 bits per heavy atom. The Bertz CT molecular complexity index is 542. The number of hydrogen-bond acceptors (Lipinski definition) is 4. The van der Waals surface area contributed by atoms with Crippen molar-refractivity contribution in [3.8, 4) is 0 Å². The van der Waals surface area contributed by atoms with E-state index in [-0.39, 0.29) is 0 Å². The third-order valence-electron chi connectivity index (χ3n) is 2.24. The first kappa shape index (κ1) is 12.9. The van der Waals surface area contributed by atoms with E-state index < -0.39 is 0 Å². The maximum atomic E-state index is 6.05. The zero-order valence-corrected chi connectivity index (χ0v) is 12.7. The van der Waals surface area contributed by atoms with Gasteiger partial charge < -0.3 is 0 Å². The van der Waals surface area contributed by atoms with Gasteiger partial charge in [-0.1, -0.05) is 18.5 Å². The number of aryl methyl sites for hydroxylation is 2. The average Bonchev–Trinajstić information content (AvgIpc) is 2.69.